The summed E-state index contributed by atoms with van der Waals surface area (Å²) in [6.07, 6.45) is -0.653. The number of hydrogen-bond acceptors (Lipinski definition) is 5. The van der Waals surface area contributed by atoms with Crippen molar-refractivity contribution in [3.05, 3.63) is 58.6 Å². The highest BCUT2D eigenvalue weighted by molar-refractivity contribution is 6.32. The van der Waals surface area contributed by atoms with Crippen LogP contribution in [0.1, 0.15) is 11.1 Å². The number of carbonyl (C=O) groups excluding carboxylic acids is 3. The Kier molecular flexibility index (Phi) is 5.26. The molecule has 1 fully saturated rings. The Balaban J connectivity index is 1.54. The molecule has 8 nitrogen and oxygen atoms in total. The van der Waals surface area contributed by atoms with E-state index in [9.17, 15) is 14.4 Å². The summed E-state index contributed by atoms with van der Waals surface area (Å²) < 4.78 is 0.946. The van der Waals surface area contributed by atoms with Crippen molar-refractivity contribution < 1.29 is 19.1 Å². The van der Waals surface area contributed by atoms with Crippen LogP contribution in [0.15, 0.2) is 47.6 Å². The number of amides is 3. The molecule has 30 heavy (non-hydrogen) atoms. The van der Waals surface area contributed by atoms with Crippen LogP contribution in [0.25, 0.3) is 0 Å². The van der Waals surface area contributed by atoms with E-state index in [1.54, 1.807) is 18.2 Å². The van der Waals surface area contributed by atoms with Gasteiger partial charge in [-0.05, 0) is 48.4 Å². The van der Waals surface area contributed by atoms with E-state index in [0.717, 1.165) is 21.5 Å². The van der Waals surface area contributed by atoms with Crippen molar-refractivity contribution in [2.45, 2.75) is 20.1 Å². The van der Waals surface area contributed by atoms with E-state index in [1.165, 1.54) is 4.90 Å². The highest BCUT2D eigenvalue weighted by Gasteiger charge is 2.49. The zero-order chi connectivity index (χ0) is 21.4. The Hall–Kier alpha value is -3.26. The quantitative estimate of drug-likeness (QED) is 0.601. The number of nitrogens with one attached hydrogen (secondary N) is 1. The van der Waals surface area contributed by atoms with Crippen molar-refractivity contribution in [1.82, 2.24) is 4.90 Å². The molecular formula is C21H21ClN5O3+. The molecule has 1 unspecified atom stereocenters. The predicted octanol–water partition coefficient (Wildman–Crippen LogP) is 2.53. The lowest BCUT2D eigenvalue weighted by atomic mass is 10.2. The minimum atomic E-state index is -0.811. The molecule has 4 rings (SSSR count). The number of fused-ring (bicyclic) bond motifs is 1. The minimum Gasteiger partial charge on any atom is -0.326 e. The van der Waals surface area contributed by atoms with Gasteiger partial charge < -0.3 is 10.2 Å². The Labute approximate surface area is 178 Å². The first-order valence-electron chi connectivity index (χ1n) is 9.56. The average Bonchev–Trinajstić information content (AvgIpc) is 3.13. The Bertz CT molecular complexity index is 1070. The second-order valence-electron chi connectivity index (χ2n) is 7.36. The van der Waals surface area contributed by atoms with E-state index in [2.05, 4.69) is 10.4 Å². The molecule has 0 spiro atoms. The second kappa shape index (κ2) is 7.87. The first kappa shape index (κ1) is 20.0. The first-order valence-corrected chi connectivity index (χ1v) is 9.94. The summed E-state index contributed by atoms with van der Waals surface area (Å²) in [6.45, 7) is 4.45. The summed E-state index contributed by atoms with van der Waals surface area (Å²) in [5.41, 5.74) is 3.42. The largest absolute Gasteiger partial charge is 0.502 e. The van der Waals surface area contributed by atoms with E-state index in [4.69, 9.17) is 11.6 Å². The molecule has 2 aromatic carbocycles. The van der Waals surface area contributed by atoms with Crippen molar-refractivity contribution >= 4 is 40.7 Å². The van der Waals surface area contributed by atoms with Gasteiger partial charge in [0.2, 0.25) is 0 Å². The second-order valence-corrected chi connectivity index (χ2v) is 7.77. The fourth-order valence-electron chi connectivity index (χ4n) is 3.47. The number of hydrogen-bond donors (Lipinski definition) is 1. The summed E-state index contributed by atoms with van der Waals surface area (Å²) in [4.78, 5) is 40.9. The fraction of sp³-hybridized carbons (Fsp3) is 0.286. The maximum absolute atomic E-state index is 12.6. The third kappa shape index (κ3) is 3.78. The molecule has 0 aromatic heterocycles. The molecule has 2 aromatic rings. The molecule has 1 N–H and O–H groups in total. The van der Waals surface area contributed by atoms with Gasteiger partial charge in [0.25, 0.3) is 18.7 Å². The molecule has 154 valence electrons. The van der Waals surface area contributed by atoms with Crippen LogP contribution in [-0.2, 0) is 14.4 Å². The lowest BCUT2D eigenvalue weighted by Crippen LogP contribution is -2.52. The molecule has 2 aliphatic rings. The van der Waals surface area contributed by atoms with Gasteiger partial charge in [0.15, 0.2) is 0 Å². The number of azo groups is 2. The van der Waals surface area contributed by atoms with Gasteiger partial charge in [0, 0.05) is 34.6 Å². The summed E-state index contributed by atoms with van der Waals surface area (Å²) in [5, 5.41) is 7.61. The third-order valence-electron chi connectivity index (χ3n) is 5.17. The fourth-order valence-corrected chi connectivity index (χ4v) is 3.66. The molecule has 0 saturated carbocycles. The van der Waals surface area contributed by atoms with Crippen molar-refractivity contribution in [2.75, 3.05) is 29.9 Å². The van der Waals surface area contributed by atoms with Crippen LogP contribution in [0.3, 0.4) is 0 Å². The molecule has 9 heteroatoms. The highest BCUT2D eigenvalue weighted by atomic mass is 35.5. The Morgan fingerprint density at radius 3 is 2.53 bits per heavy atom. The molecule has 1 saturated heterocycles. The molecule has 1 atom stereocenters. The number of rotatable bonds is 4. The molecule has 2 heterocycles. The van der Waals surface area contributed by atoms with Crippen molar-refractivity contribution in [3.63, 3.8) is 0 Å². The highest BCUT2D eigenvalue weighted by Crippen LogP contribution is 2.27. The maximum atomic E-state index is 12.6. The van der Waals surface area contributed by atoms with Gasteiger partial charge in [-0.15, -0.1) is 0 Å². The van der Waals surface area contributed by atoms with Crippen molar-refractivity contribution in [2.24, 2.45) is 5.11 Å². The van der Waals surface area contributed by atoms with Gasteiger partial charge in [-0.25, -0.2) is 4.79 Å². The van der Waals surface area contributed by atoms with Gasteiger partial charge >= 0.3 is 11.8 Å². The number of anilines is 2. The monoisotopic (exact) mass is 426 g/mol. The van der Waals surface area contributed by atoms with Crippen LogP contribution < -0.4 is 10.2 Å². The van der Waals surface area contributed by atoms with Gasteiger partial charge in [0.1, 0.15) is 0 Å². The predicted molar refractivity (Wildman–Crippen MR) is 111 cm³/mol. The van der Waals surface area contributed by atoms with Crippen LogP contribution >= 0.6 is 11.6 Å². The molecule has 2 aliphatic heterocycles. The van der Waals surface area contributed by atoms with Crippen LogP contribution in [0.5, 0.6) is 0 Å². The van der Waals surface area contributed by atoms with Gasteiger partial charge in [-0.1, -0.05) is 35.4 Å². The van der Waals surface area contributed by atoms with Crippen LogP contribution in [0, 0.1) is 13.8 Å². The molecule has 0 radical (unpaired) electrons. The number of nitrogens with zero attached hydrogens (tertiary/aromatic N) is 4. The SMILES string of the molecule is Cc1ccc(N2CCN3C(=O)C(=O)[N+](CC(=O)Nc4ccc(C)c(Cl)c4)=NC32)cc1. The van der Waals surface area contributed by atoms with Crippen LogP contribution in [0.2, 0.25) is 5.02 Å². The van der Waals surface area contributed by atoms with E-state index >= 15 is 0 Å². The number of halogens is 1. The summed E-state index contributed by atoms with van der Waals surface area (Å²) >= 11 is 6.09. The summed E-state index contributed by atoms with van der Waals surface area (Å²) in [5.74, 6) is -1.93. The van der Waals surface area contributed by atoms with E-state index in [0.29, 0.717) is 23.8 Å². The van der Waals surface area contributed by atoms with Gasteiger partial charge in [-0.2, -0.15) is 0 Å². The average molecular weight is 427 g/mol. The Morgan fingerprint density at radius 2 is 1.83 bits per heavy atom. The lowest BCUT2D eigenvalue weighted by Gasteiger charge is -2.27. The smallest absolute Gasteiger partial charge is 0.326 e. The normalized spacial score (nSPS) is 18.4. The number of benzene rings is 2. The topological polar surface area (TPSA) is 85.1 Å². The third-order valence-corrected chi connectivity index (χ3v) is 5.58. The zero-order valence-electron chi connectivity index (χ0n) is 16.6. The first-order chi connectivity index (χ1) is 14.3. The summed E-state index contributed by atoms with van der Waals surface area (Å²) in [7, 11) is 0. The number of aryl methyl sites for hydroxylation is 2. The molecule has 3 amide bonds. The maximum Gasteiger partial charge on any atom is 0.502 e. The van der Waals surface area contributed by atoms with Crippen LogP contribution in [0.4, 0.5) is 11.4 Å². The van der Waals surface area contributed by atoms with Gasteiger partial charge in [-0.3, -0.25) is 14.5 Å². The van der Waals surface area contributed by atoms with Crippen molar-refractivity contribution in [3.8, 4) is 0 Å². The molecule has 0 aliphatic carbocycles. The minimum absolute atomic E-state index is 0.359. The Morgan fingerprint density at radius 1 is 1.13 bits per heavy atom. The van der Waals surface area contributed by atoms with Gasteiger partial charge in [0.05, 0.1) is 0 Å². The lowest BCUT2D eigenvalue weighted by molar-refractivity contribution is -0.509. The molecular weight excluding hydrogens is 406 g/mol. The number of carbonyl (C=O) groups is 3. The summed E-state index contributed by atoms with van der Waals surface area (Å²) in [6, 6.07) is 13.0. The van der Waals surface area contributed by atoms with E-state index in [-0.39, 0.29) is 6.54 Å². The van der Waals surface area contributed by atoms with Crippen LogP contribution in [-0.4, -0.2) is 53.2 Å². The van der Waals surface area contributed by atoms with Crippen molar-refractivity contribution in [1.29, 1.82) is 0 Å². The zero-order valence-corrected chi connectivity index (χ0v) is 17.4. The standard InChI is InChI=1S/C21H20ClN5O3/c1-13-3-7-16(8-4-13)25-9-10-26-19(29)20(30)27(24-21(25)26)12-18(28)23-15-6-5-14(2)17(22)11-15/h3-8,11,21H,9-10,12H2,1-2H3/p+1. The van der Waals surface area contributed by atoms with E-state index < -0.39 is 24.0 Å². The van der Waals surface area contributed by atoms with E-state index in [1.807, 2.05) is 43.0 Å². The molecule has 0 bridgehead atoms.